The number of ether oxygens (including phenoxy) is 1. The van der Waals surface area contributed by atoms with Gasteiger partial charge in [0.25, 0.3) is 11.1 Å². The van der Waals surface area contributed by atoms with Gasteiger partial charge in [0.1, 0.15) is 6.54 Å². The molecule has 8 nitrogen and oxygen atoms in total. The van der Waals surface area contributed by atoms with Crippen LogP contribution in [0.4, 0.5) is 4.79 Å². The number of aromatic nitrogens is 1. The van der Waals surface area contributed by atoms with Crippen molar-refractivity contribution in [2.75, 3.05) is 26.8 Å². The summed E-state index contributed by atoms with van der Waals surface area (Å²) in [6.45, 7) is 0.521. The molecule has 1 saturated heterocycles. The lowest BCUT2D eigenvalue weighted by Gasteiger charge is -2.11. The highest BCUT2D eigenvalue weighted by atomic mass is 79.9. The summed E-state index contributed by atoms with van der Waals surface area (Å²) < 4.78 is 7.57. The zero-order valence-electron chi connectivity index (χ0n) is 19.1. The summed E-state index contributed by atoms with van der Waals surface area (Å²) in [5, 5.41) is 3.56. The third-order valence-corrected chi connectivity index (χ3v) is 7.10. The Labute approximate surface area is 224 Å². The number of thioether (sulfide) groups is 1. The number of nitrogens with zero attached hydrogens (tertiary/aromatic N) is 2. The second-order valence-corrected chi connectivity index (χ2v) is 10.3. The minimum absolute atomic E-state index is 0.0761. The van der Waals surface area contributed by atoms with Crippen LogP contribution in [-0.4, -0.2) is 59.1 Å². The lowest BCUT2D eigenvalue weighted by atomic mass is 10.1. The van der Waals surface area contributed by atoms with Crippen molar-refractivity contribution in [1.82, 2.24) is 14.8 Å². The van der Waals surface area contributed by atoms with E-state index < -0.39 is 11.1 Å². The molecule has 36 heavy (non-hydrogen) atoms. The summed E-state index contributed by atoms with van der Waals surface area (Å²) in [5.41, 5.74) is 1.83. The molecular weight excluding hydrogens is 570 g/mol. The predicted molar refractivity (Wildman–Crippen MR) is 143 cm³/mol. The van der Waals surface area contributed by atoms with Gasteiger partial charge in [0, 0.05) is 51.4 Å². The molecule has 3 amide bonds. The Balaban J connectivity index is 1.58. The van der Waals surface area contributed by atoms with Crippen molar-refractivity contribution in [2.24, 2.45) is 0 Å². The van der Waals surface area contributed by atoms with E-state index in [4.69, 9.17) is 16.3 Å². The van der Waals surface area contributed by atoms with Crippen LogP contribution in [0.1, 0.15) is 15.9 Å². The minimum atomic E-state index is -0.541. The number of fused-ring (bicyclic) bond motifs is 1. The molecular formula is C25H21BrClN3O5S. The molecule has 0 radical (unpaired) electrons. The van der Waals surface area contributed by atoms with E-state index in [9.17, 15) is 19.2 Å². The number of benzene rings is 2. The van der Waals surface area contributed by atoms with Gasteiger partial charge in [-0.2, -0.15) is 0 Å². The number of rotatable bonds is 9. The monoisotopic (exact) mass is 589 g/mol. The van der Waals surface area contributed by atoms with Gasteiger partial charge >= 0.3 is 0 Å². The smallest absolute Gasteiger partial charge is 0.293 e. The van der Waals surface area contributed by atoms with Crippen molar-refractivity contribution >= 4 is 79.1 Å². The molecule has 1 N–H and O–H groups in total. The Kier molecular flexibility index (Phi) is 8.30. The van der Waals surface area contributed by atoms with E-state index in [1.54, 1.807) is 48.2 Å². The van der Waals surface area contributed by atoms with Gasteiger partial charge in [-0.15, -0.1) is 0 Å². The maximum absolute atomic E-state index is 13.0. The van der Waals surface area contributed by atoms with Crippen LogP contribution in [-0.2, 0) is 20.9 Å². The van der Waals surface area contributed by atoms with Crippen LogP contribution in [0.5, 0.6) is 0 Å². The van der Waals surface area contributed by atoms with Gasteiger partial charge in [0.05, 0.1) is 18.1 Å². The van der Waals surface area contributed by atoms with Gasteiger partial charge in [0.15, 0.2) is 5.78 Å². The molecule has 186 valence electrons. The largest absolute Gasteiger partial charge is 0.383 e. The molecule has 2 aromatic carbocycles. The molecule has 1 fully saturated rings. The SMILES string of the molecule is COCCNC(=O)Cn1cc(/C=C2\SC(=O)N(CC(=O)c3ccc(Cl)cc3)C2=O)c2cc(Br)ccc21. The first-order valence-corrected chi connectivity index (χ1v) is 12.8. The zero-order valence-corrected chi connectivity index (χ0v) is 22.3. The van der Waals surface area contributed by atoms with Crippen molar-refractivity contribution < 1.29 is 23.9 Å². The van der Waals surface area contributed by atoms with E-state index in [0.717, 1.165) is 32.0 Å². The predicted octanol–water partition coefficient (Wildman–Crippen LogP) is 4.74. The quantitative estimate of drug-likeness (QED) is 0.220. The van der Waals surface area contributed by atoms with Crippen molar-refractivity contribution in [3.63, 3.8) is 0 Å². The standard InChI is InChI=1S/C25H21BrClN3O5S/c1-35-9-8-28-23(32)14-29-12-16(19-11-17(26)4-7-20(19)29)10-22-24(33)30(25(34)36-22)13-21(31)15-2-5-18(27)6-3-15/h2-7,10-12H,8-9,13-14H2,1H3,(H,28,32)/b22-10-. The molecule has 0 spiro atoms. The average Bonchev–Trinajstić information content (AvgIpc) is 3.30. The van der Waals surface area contributed by atoms with Crippen LogP contribution in [0, 0.1) is 0 Å². The molecule has 2 heterocycles. The Morgan fingerprint density at radius 2 is 1.89 bits per heavy atom. The molecule has 0 unspecified atom stereocenters. The van der Waals surface area contributed by atoms with E-state index in [0.29, 0.717) is 29.3 Å². The van der Waals surface area contributed by atoms with E-state index in [-0.39, 0.29) is 29.7 Å². The lowest BCUT2D eigenvalue weighted by molar-refractivity contribution is -0.123. The van der Waals surface area contributed by atoms with Gasteiger partial charge in [-0.3, -0.25) is 24.1 Å². The summed E-state index contributed by atoms with van der Waals surface area (Å²) in [6.07, 6.45) is 3.38. The Bertz CT molecular complexity index is 1390. The van der Waals surface area contributed by atoms with Gasteiger partial charge in [-0.1, -0.05) is 27.5 Å². The number of carbonyl (C=O) groups excluding carboxylic acids is 4. The van der Waals surface area contributed by atoms with E-state index in [1.807, 2.05) is 18.2 Å². The number of carbonyl (C=O) groups is 4. The maximum atomic E-state index is 13.0. The number of imide groups is 1. The fourth-order valence-corrected chi connectivity index (χ4v) is 5.01. The molecule has 1 aliphatic heterocycles. The van der Waals surface area contributed by atoms with Crippen LogP contribution >= 0.6 is 39.3 Å². The second kappa shape index (κ2) is 11.4. The second-order valence-electron chi connectivity index (χ2n) is 7.91. The first-order chi connectivity index (χ1) is 17.3. The Morgan fingerprint density at radius 3 is 2.61 bits per heavy atom. The highest BCUT2D eigenvalue weighted by molar-refractivity contribution is 9.10. The van der Waals surface area contributed by atoms with Crippen LogP contribution in [0.15, 0.2) is 58.0 Å². The first kappa shape index (κ1) is 26.2. The zero-order chi connectivity index (χ0) is 25.8. The summed E-state index contributed by atoms with van der Waals surface area (Å²) in [5.74, 6) is -1.09. The Hall–Kier alpha value is -2.92. The van der Waals surface area contributed by atoms with Crippen molar-refractivity contribution in [2.45, 2.75) is 6.54 Å². The fourth-order valence-electron chi connectivity index (χ4n) is 3.69. The summed E-state index contributed by atoms with van der Waals surface area (Å²) in [7, 11) is 1.56. The summed E-state index contributed by atoms with van der Waals surface area (Å²) in [6, 6.07) is 11.9. The topological polar surface area (TPSA) is 97.7 Å². The number of halogens is 2. The van der Waals surface area contributed by atoms with Crippen molar-refractivity contribution in [3.05, 3.63) is 74.2 Å². The van der Waals surface area contributed by atoms with Crippen LogP contribution in [0.2, 0.25) is 5.02 Å². The highest BCUT2D eigenvalue weighted by Gasteiger charge is 2.36. The van der Waals surface area contributed by atoms with Gasteiger partial charge in [0.2, 0.25) is 5.91 Å². The number of hydrogen-bond donors (Lipinski definition) is 1. The molecule has 1 aliphatic rings. The van der Waals surface area contributed by atoms with Crippen LogP contribution < -0.4 is 5.32 Å². The van der Waals surface area contributed by atoms with Crippen molar-refractivity contribution in [3.8, 4) is 0 Å². The number of hydrogen-bond acceptors (Lipinski definition) is 6. The number of methoxy groups -OCH3 is 1. The molecule has 11 heteroatoms. The third-order valence-electron chi connectivity index (χ3n) is 5.44. The van der Waals surface area contributed by atoms with E-state index >= 15 is 0 Å². The summed E-state index contributed by atoms with van der Waals surface area (Å²) in [4.78, 5) is 51.7. The molecule has 1 aromatic heterocycles. The average molecular weight is 591 g/mol. The number of Topliss-reactive ketones (excluding diaryl/α,β-unsaturated/α-hetero) is 1. The minimum Gasteiger partial charge on any atom is -0.383 e. The van der Waals surface area contributed by atoms with Gasteiger partial charge in [-0.25, -0.2) is 0 Å². The molecule has 0 aliphatic carbocycles. The Morgan fingerprint density at radius 1 is 1.14 bits per heavy atom. The van der Waals surface area contributed by atoms with Crippen LogP contribution in [0.25, 0.3) is 17.0 Å². The fraction of sp³-hybridized carbons (Fsp3) is 0.200. The maximum Gasteiger partial charge on any atom is 0.293 e. The molecule has 3 aromatic rings. The van der Waals surface area contributed by atoms with Gasteiger partial charge in [-0.05, 0) is 60.3 Å². The van der Waals surface area contributed by atoms with E-state index in [2.05, 4.69) is 21.2 Å². The molecule has 0 atom stereocenters. The number of nitrogens with one attached hydrogen (secondary N) is 1. The highest BCUT2D eigenvalue weighted by Crippen LogP contribution is 2.35. The number of ketones is 1. The van der Waals surface area contributed by atoms with Gasteiger partial charge < -0.3 is 14.6 Å². The van der Waals surface area contributed by atoms with Crippen molar-refractivity contribution in [1.29, 1.82) is 0 Å². The third kappa shape index (κ3) is 5.89. The van der Waals surface area contributed by atoms with E-state index in [1.165, 1.54) is 0 Å². The normalized spacial score (nSPS) is 14.8. The molecule has 0 bridgehead atoms. The molecule has 0 saturated carbocycles. The lowest BCUT2D eigenvalue weighted by Crippen LogP contribution is -2.33. The molecule has 4 rings (SSSR count). The first-order valence-electron chi connectivity index (χ1n) is 10.8. The number of amides is 3. The van der Waals surface area contributed by atoms with Crippen LogP contribution in [0.3, 0.4) is 0 Å². The summed E-state index contributed by atoms with van der Waals surface area (Å²) >= 11 is 10.1.